The molecule has 0 saturated carbocycles. The third-order valence-electron chi connectivity index (χ3n) is 5.01. The maximum atomic E-state index is 12.9. The lowest BCUT2D eigenvalue weighted by molar-refractivity contribution is -0.140. The van der Waals surface area contributed by atoms with E-state index in [9.17, 15) is 19.6 Å². The lowest BCUT2D eigenvalue weighted by atomic mass is 9.94. The van der Waals surface area contributed by atoms with Crippen molar-refractivity contribution in [1.29, 1.82) is 5.26 Å². The molecule has 2 heterocycles. The highest BCUT2D eigenvalue weighted by molar-refractivity contribution is 6.19. The zero-order valence-electron chi connectivity index (χ0n) is 18.3. The quantitative estimate of drug-likeness (QED) is 0.362. The molecule has 0 aliphatic carbocycles. The van der Waals surface area contributed by atoms with Crippen molar-refractivity contribution in [1.82, 2.24) is 4.90 Å². The Morgan fingerprint density at radius 2 is 1.94 bits per heavy atom. The molecule has 32 heavy (non-hydrogen) atoms. The molecule has 0 atom stereocenters. The van der Waals surface area contributed by atoms with Gasteiger partial charge in [-0.2, -0.15) is 5.26 Å². The van der Waals surface area contributed by atoms with E-state index in [-0.39, 0.29) is 17.7 Å². The van der Waals surface area contributed by atoms with E-state index < -0.39 is 17.8 Å². The van der Waals surface area contributed by atoms with Gasteiger partial charge in [0.1, 0.15) is 23.2 Å². The molecule has 7 nitrogen and oxygen atoms in total. The van der Waals surface area contributed by atoms with E-state index in [2.05, 4.69) is 0 Å². The lowest BCUT2D eigenvalue weighted by Crippen LogP contribution is -2.43. The molecule has 1 aliphatic heterocycles. The molecule has 2 aromatic rings. The van der Waals surface area contributed by atoms with Crippen molar-refractivity contribution in [3.05, 3.63) is 64.4 Å². The van der Waals surface area contributed by atoms with Crippen LogP contribution in [-0.2, 0) is 14.3 Å². The first-order chi connectivity index (χ1) is 15.4. The van der Waals surface area contributed by atoms with Crippen LogP contribution in [0, 0.1) is 11.3 Å². The van der Waals surface area contributed by atoms with E-state index in [1.807, 2.05) is 19.9 Å². The minimum atomic E-state index is -0.569. The Labute approximate surface area is 186 Å². The smallest absolute Gasteiger partial charge is 0.338 e. The van der Waals surface area contributed by atoms with Crippen LogP contribution in [0.5, 0.6) is 0 Å². The number of furan rings is 1. The molecular formula is C25H24N2O5. The SMILES string of the molecule is CCCOC(=O)c1cccc(-c2ccc(/C=C3/C(=O)N(CCC)C(=O)C(C#N)=C3C)o2)c1. The molecule has 1 aliphatic rings. The third kappa shape index (κ3) is 4.54. The van der Waals surface area contributed by atoms with Gasteiger partial charge in [-0.3, -0.25) is 14.5 Å². The summed E-state index contributed by atoms with van der Waals surface area (Å²) >= 11 is 0. The molecular weight excluding hydrogens is 408 g/mol. The van der Waals surface area contributed by atoms with E-state index in [0.29, 0.717) is 41.2 Å². The lowest BCUT2D eigenvalue weighted by Gasteiger charge is -2.26. The van der Waals surface area contributed by atoms with Crippen molar-refractivity contribution in [2.45, 2.75) is 33.6 Å². The number of esters is 1. The molecule has 1 aromatic carbocycles. The molecule has 2 amide bonds. The summed E-state index contributed by atoms with van der Waals surface area (Å²) in [4.78, 5) is 38.6. The predicted octanol–water partition coefficient (Wildman–Crippen LogP) is 4.52. The summed E-state index contributed by atoms with van der Waals surface area (Å²) in [5.74, 6) is -0.521. The summed E-state index contributed by atoms with van der Waals surface area (Å²) < 4.78 is 11.1. The Balaban J connectivity index is 1.94. The molecule has 0 unspecified atom stereocenters. The summed E-state index contributed by atoms with van der Waals surface area (Å²) in [6, 6.07) is 12.2. The first-order valence-electron chi connectivity index (χ1n) is 10.5. The minimum Gasteiger partial charge on any atom is -0.462 e. The van der Waals surface area contributed by atoms with E-state index in [4.69, 9.17) is 9.15 Å². The van der Waals surface area contributed by atoms with Gasteiger partial charge in [0.25, 0.3) is 11.8 Å². The number of nitriles is 1. The van der Waals surface area contributed by atoms with Gasteiger partial charge in [0, 0.05) is 17.7 Å². The summed E-state index contributed by atoms with van der Waals surface area (Å²) in [7, 11) is 0. The van der Waals surface area contributed by atoms with Gasteiger partial charge in [-0.25, -0.2) is 4.79 Å². The average molecular weight is 432 g/mol. The Bertz CT molecular complexity index is 1160. The fourth-order valence-corrected chi connectivity index (χ4v) is 3.36. The van der Waals surface area contributed by atoms with Crippen LogP contribution in [0.1, 0.15) is 49.7 Å². The normalized spacial score (nSPS) is 15.3. The number of carbonyl (C=O) groups excluding carboxylic acids is 3. The van der Waals surface area contributed by atoms with Gasteiger partial charge in [-0.05, 0) is 55.7 Å². The fourth-order valence-electron chi connectivity index (χ4n) is 3.36. The largest absolute Gasteiger partial charge is 0.462 e. The minimum absolute atomic E-state index is 0.0469. The molecule has 0 radical (unpaired) electrons. The van der Waals surface area contributed by atoms with Gasteiger partial charge in [0.2, 0.25) is 0 Å². The van der Waals surface area contributed by atoms with E-state index >= 15 is 0 Å². The van der Waals surface area contributed by atoms with Crippen LogP contribution in [0.3, 0.4) is 0 Å². The van der Waals surface area contributed by atoms with Gasteiger partial charge in [-0.15, -0.1) is 0 Å². The van der Waals surface area contributed by atoms with Crippen molar-refractivity contribution in [3.63, 3.8) is 0 Å². The number of carbonyl (C=O) groups is 3. The molecule has 1 aromatic heterocycles. The van der Waals surface area contributed by atoms with Crippen LogP contribution < -0.4 is 0 Å². The number of amides is 2. The molecule has 0 saturated heterocycles. The Morgan fingerprint density at radius 3 is 2.62 bits per heavy atom. The number of hydrogen-bond donors (Lipinski definition) is 0. The van der Waals surface area contributed by atoms with Crippen molar-refractivity contribution in [2.75, 3.05) is 13.2 Å². The van der Waals surface area contributed by atoms with Gasteiger partial charge >= 0.3 is 5.97 Å². The Hall–Kier alpha value is -3.92. The Kier molecular flexibility index (Phi) is 7.06. The van der Waals surface area contributed by atoms with Crippen molar-refractivity contribution in [3.8, 4) is 17.4 Å². The standard InChI is InChI=1S/C25H24N2O5/c1-4-11-27-23(28)20(16(3)21(15-26)24(27)29)14-19-9-10-22(32-19)17-7-6-8-18(13-17)25(30)31-12-5-2/h6-10,13-14H,4-5,11-12H2,1-3H3/b20-14+. The molecule has 164 valence electrons. The van der Waals surface area contributed by atoms with Gasteiger partial charge < -0.3 is 9.15 Å². The highest BCUT2D eigenvalue weighted by atomic mass is 16.5. The van der Waals surface area contributed by atoms with E-state index in [0.717, 1.165) is 11.3 Å². The zero-order chi connectivity index (χ0) is 23.3. The maximum Gasteiger partial charge on any atom is 0.338 e. The van der Waals surface area contributed by atoms with Crippen molar-refractivity contribution < 1.29 is 23.5 Å². The second-order valence-electron chi connectivity index (χ2n) is 7.35. The maximum absolute atomic E-state index is 12.9. The summed E-state index contributed by atoms with van der Waals surface area (Å²) in [6.45, 7) is 5.95. The van der Waals surface area contributed by atoms with Gasteiger partial charge in [0.15, 0.2) is 0 Å². The number of hydrogen-bond acceptors (Lipinski definition) is 6. The monoisotopic (exact) mass is 432 g/mol. The number of imide groups is 1. The molecule has 0 fully saturated rings. The van der Waals surface area contributed by atoms with E-state index in [1.54, 1.807) is 43.3 Å². The van der Waals surface area contributed by atoms with Gasteiger partial charge in [0.05, 0.1) is 12.2 Å². The van der Waals surface area contributed by atoms with Crippen LogP contribution in [0.2, 0.25) is 0 Å². The highest BCUT2D eigenvalue weighted by Gasteiger charge is 2.35. The predicted molar refractivity (Wildman–Crippen MR) is 118 cm³/mol. The zero-order valence-corrected chi connectivity index (χ0v) is 18.3. The molecule has 7 heteroatoms. The number of benzene rings is 1. The van der Waals surface area contributed by atoms with Crippen LogP contribution in [0.4, 0.5) is 0 Å². The number of nitrogens with zero attached hydrogens (tertiary/aromatic N) is 2. The molecule has 3 rings (SSSR count). The summed E-state index contributed by atoms with van der Waals surface area (Å²) in [6.07, 6.45) is 2.86. The van der Waals surface area contributed by atoms with Crippen molar-refractivity contribution >= 4 is 23.9 Å². The number of rotatable bonds is 7. The average Bonchev–Trinajstić information content (AvgIpc) is 3.27. The van der Waals surface area contributed by atoms with Crippen molar-refractivity contribution in [2.24, 2.45) is 0 Å². The first-order valence-corrected chi connectivity index (χ1v) is 10.5. The second kappa shape index (κ2) is 9.92. The topological polar surface area (TPSA) is 101 Å². The Morgan fingerprint density at radius 1 is 1.16 bits per heavy atom. The second-order valence-corrected chi connectivity index (χ2v) is 7.35. The highest BCUT2D eigenvalue weighted by Crippen LogP contribution is 2.29. The third-order valence-corrected chi connectivity index (χ3v) is 5.01. The van der Waals surface area contributed by atoms with Crippen LogP contribution in [0.25, 0.3) is 17.4 Å². The first kappa shape index (κ1) is 22.8. The summed E-state index contributed by atoms with van der Waals surface area (Å²) in [5.41, 5.74) is 1.62. The number of ether oxygens (including phenoxy) is 1. The van der Waals surface area contributed by atoms with Crippen LogP contribution >= 0.6 is 0 Å². The van der Waals surface area contributed by atoms with Crippen LogP contribution in [0.15, 0.2) is 57.5 Å². The van der Waals surface area contributed by atoms with E-state index in [1.165, 1.54) is 6.08 Å². The molecule has 0 spiro atoms. The fraction of sp³-hybridized carbons (Fsp3) is 0.280. The van der Waals surface area contributed by atoms with Gasteiger partial charge in [-0.1, -0.05) is 26.0 Å². The molecule has 0 N–H and O–H groups in total. The van der Waals surface area contributed by atoms with Crippen LogP contribution in [-0.4, -0.2) is 35.8 Å². The molecule has 0 bridgehead atoms. The summed E-state index contributed by atoms with van der Waals surface area (Å²) in [5, 5.41) is 9.41.